The van der Waals surface area contributed by atoms with E-state index in [4.69, 9.17) is 4.98 Å². The highest BCUT2D eigenvalue weighted by atomic mass is 14.7. The van der Waals surface area contributed by atoms with Crippen LogP contribution in [0, 0.1) is 0 Å². The molecule has 186 valence electrons. The summed E-state index contributed by atoms with van der Waals surface area (Å²) in [5.74, 6) is 0. The molecule has 0 unspecified atom stereocenters. The fourth-order valence-electron chi connectivity index (χ4n) is 5.81. The van der Waals surface area contributed by atoms with E-state index in [0.717, 1.165) is 33.1 Å². The molecule has 0 aliphatic carbocycles. The van der Waals surface area contributed by atoms with Crippen LogP contribution in [0.15, 0.2) is 146 Å². The molecule has 0 spiro atoms. The molecule has 0 amide bonds. The van der Waals surface area contributed by atoms with Gasteiger partial charge in [0.1, 0.15) is 0 Å². The first-order valence-electron chi connectivity index (χ1n) is 13.6. The Hall–Kier alpha value is -5.34. The maximum absolute atomic E-state index is 5.06. The summed E-state index contributed by atoms with van der Waals surface area (Å²) in [5, 5.41) is 7.32. The summed E-state index contributed by atoms with van der Waals surface area (Å²) in [7, 11) is 0. The summed E-state index contributed by atoms with van der Waals surface area (Å²) in [5.41, 5.74) is 8.70. The summed E-state index contributed by atoms with van der Waals surface area (Å²) >= 11 is 0. The number of nitrogens with zero attached hydrogens (tertiary/aromatic N) is 2. The van der Waals surface area contributed by atoms with Crippen molar-refractivity contribution in [3.63, 3.8) is 0 Å². The van der Waals surface area contributed by atoms with Gasteiger partial charge < -0.3 is 0 Å². The zero-order valence-corrected chi connectivity index (χ0v) is 21.8. The minimum Gasteiger partial charge on any atom is -0.254 e. The lowest BCUT2D eigenvalue weighted by Crippen LogP contribution is -1.89. The van der Waals surface area contributed by atoms with Crippen molar-refractivity contribution in [2.75, 3.05) is 0 Å². The first-order chi connectivity index (χ1) is 19.8. The summed E-state index contributed by atoms with van der Waals surface area (Å²) in [4.78, 5) is 9.68. The van der Waals surface area contributed by atoms with Crippen LogP contribution in [0.2, 0.25) is 0 Å². The fraction of sp³-hybridized carbons (Fsp3) is 0. The largest absolute Gasteiger partial charge is 0.254 e. The molecule has 8 aromatic rings. The Balaban J connectivity index is 1.19. The Kier molecular flexibility index (Phi) is 5.17. The maximum Gasteiger partial charge on any atom is 0.0972 e. The minimum atomic E-state index is 0.937. The van der Waals surface area contributed by atoms with E-state index in [1.165, 1.54) is 43.8 Å². The molecule has 0 fully saturated rings. The van der Waals surface area contributed by atoms with Gasteiger partial charge in [-0.05, 0) is 74.1 Å². The molecule has 0 N–H and O–H groups in total. The van der Waals surface area contributed by atoms with Crippen molar-refractivity contribution < 1.29 is 0 Å². The Morgan fingerprint density at radius 1 is 0.350 bits per heavy atom. The Morgan fingerprint density at radius 2 is 0.950 bits per heavy atom. The molecule has 0 atom stereocenters. The van der Waals surface area contributed by atoms with Crippen molar-refractivity contribution in [3.05, 3.63) is 146 Å². The van der Waals surface area contributed by atoms with Gasteiger partial charge in [0.15, 0.2) is 0 Å². The van der Waals surface area contributed by atoms with E-state index < -0.39 is 0 Å². The van der Waals surface area contributed by atoms with Crippen LogP contribution in [-0.4, -0.2) is 9.97 Å². The molecule has 2 heterocycles. The summed E-state index contributed by atoms with van der Waals surface area (Å²) in [6.07, 6.45) is 1.83. The van der Waals surface area contributed by atoms with Gasteiger partial charge in [0, 0.05) is 22.5 Å². The van der Waals surface area contributed by atoms with Crippen LogP contribution in [0.5, 0.6) is 0 Å². The third kappa shape index (κ3) is 3.81. The van der Waals surface area contributed by atoms with Crippen LogP contribution in [0.4, 0.5) is 0 Å². The van der Waals surface area contributed by atoms with Crippen molar-refractivity contribution in [2.24, 2.45) is 0 Å². The topological polar surface area (TPSA) is 25.8 Å². The molecule has 8 rings (SSSR count). The predicted octanol–water partition coefficient (Wildman–Crippen LogP) is 10.1. The van der Waals surface area contributed by atoms with Crippen molar-refractivity contribution in [1.82, 2.24) is 9.97 Å². The molecule has 2 aromatic heterocycles. The van der Waals surface area contributed by atoms with E-state index in [2.05, 4.69) is 138 Å². The lowest BCUT2D eigenvalue weighted by Gasteiger charge is -2.10. The molecule has 0 saturated heterocycles. The van der Waals surface area contributed by atoms with E-state index in [1.807, 2.05) is 12.3 Å². The smallest absolute Gasteiger partial charge is 0.0972 e. The second-order valence-electron chi connectivity index (χ2n) is 10.3. The first kappa shape index (κ1) is 22.6. The minimum absolute atomic E-state index is 0.937. The third-order valence-electron chi connectivity index (χ3n) is 7.86. The number of benzene rings is 6. The number of fused-ring (bicyclic) bond motifs is 6. The second-order valence-corrected chi connectivity index (χ2v) is 10.3. The Labute approximate surface area is 232 Å². The van der Waals surface area contributed by atoms with Crippen molar-refractivity contribution in [3.8, 4) is 33.5 Å². The molecule has 6 aromatic carbocycles. The van der Waals surface area contributed by atoms with Gasteiger partial charge in [0.25, 0.3) is 0 Å². The highest BCUT2D eigenvalue weighted by Crippen LogP contribution is 2.33. The Bertz CT molecular complexity index is 2230. The number of hydrogen-bond donors (Lipinski definition) is 0. The standard InChI is InChI=1S/C38H24N2/c1-2-12-34-25(6-1)13-16-32-23-31(17-19-35(32)34)29-8-3-7-28(22-29)30-9-4-10-33(24-30)36-20-18-27-15-14-26-11-5-21-39-37(26)38(27)40-36/h1-24H. The normalized spacial score (nSPS) is 11.5. The highest BCUT2D eigenvalue weighted by molar-refractivity contribution is 6.08. The van der Waals surface area contributed by atoms with Crippen molar-refractivity contribution >= 4 is 43.4 Å². The van der Waals surface area contributed by atoms with Crippen LogP contribution in [0.25, 0.3) is 76.9 Å². The molecule has 0 radical (unpaired) electrons. The van der Waals surface area contributed by atoms with Crippen molar-refractivity contribution in [2.45, 2.75) is 0 Å². The van der Waals surface area contributed by atoms with E-state index >= 15 is 0 Å². The highest BCUT2D eigenvalue weighted by Gasteiger charge is 2.09. The van der Waals surface area contributed by atoms with E-state index in [0.29, 0.717) is 0 Å². The molecule has 0 aliphatic heterocycles. The lowest BCUT2D eigenvalue weighted by molar-refractivity contribution is 1.37. The van der Waals surface area contributed by atoms with Gasteiger partial charge in [-0.3, -0.25) is 4.98 Å². The summed E-state index contributed by atoms with van der Waals surface area (Å²) in [6, 6.07) is 49.8. The number of rotatable bonds is 3. The molecule has 2 heteroatoms. The van der Waals surface area contributed by atoms with Crippen LogP contribution >= 0.6 is 0 Å². The third-order valence-corrected chi connectivity index (χ3v) is 7.86. The first-order valence-corrected chi connectivity index (χ1v) is 13.6. The maximum atomic E-state index is 5.06. The molecular weight excluding hydrogens is 484 g/mol. The summed E-state index contributed by atoms with van der Waals surface area (Å²) < 4.78 is 0. The van der Waals surface area contributed by atoms with E-state index in [9.17, 15) is 0 Å². The number of aromatic nitrogens is 2. The van der Waals surface area contributed by atoms with Crippen LogP contribution in [0.3, 0.4) is 0 Å². The van der Waals surface area contributed by atoms with Gasteiger partial charge in [0.2, 0.25) is 0 Å². The fourth-order valence-corrected chi connectivity index (χ4v) is 5.81. The average molecular weight is 509 g/mol. The monoisotopic (exact) mass is 508 g/mol. The predicted molar refractivity (Wildman–Crippen MR) is 168 cm³/mol. The SMILES string of the molecule is c1cc(-c2cccc(-c3ccc4ccc5cccnc5c4n3)c2)cc(-c2ccc3c(ccc4ccccc43)c2)c1. The van der Waals surface area contributed by atoms with Crippen molar-refractivity contribution in [1.29, 1.82) is 0 Å². The van der Waals surface area contributed by atoms with E-state index in [-0.39, 0.29) is 0 Å². The van der Waals surface area contributed by atoms with Crippen LogP contribution < -0.4 is 0 Å². The zero-order valence-electron chi connectivity index (χ0n) is 21.8. The van der Waals surface area contributed by atoms with Gasteiger partial charge in [0.05, 0.1) is 16.7 Å². The van der Waals surface area contributed by atoms with Crippen LogP contribution in [0.1, 0.15) is 0 Å². The quantitative estimate of drug-likeness (QED) is 0.222. The summed E-state index contributed by atoms with van der Waals surface area (Å²) in [6.45, 7) is 0. The van der Waals surface area contributed by atoms with Gasteiger partial charge in [-0.25, -0.2) is 4.98 Å². The Morgan fingerprint density at radius 3 is 1.80 bits per heavy atom. The molecule has 0 bridgehead atoms. The number of hydrogen-bond acceptors (Lipinski definition) is 2. The van der Waals surface area contributed by atoms with Gasteiger partial charge in [-0.2, -0.15) is 0 Å². The van der Waals surface area contributed by atoms with Crippen LogP contribution in [-0.2, 0) is 0 Å². The second kappa shape index (κ2) is 9.14. The van der Waals surface area contributed by atoms with E-state index in [1.54, 1.807) is 0 Å². The molecule has 40 heavy (non-hydrogen) atoms. The molecular formula is C38H24N2. The lowest BCUT2D eigenvalue weighted by atomic mass is 9.95. The molecule has 0 aliphatic rings. The zero-order chi connectivity index (χ0) is 26.5. The van der Waals surface area contributed by atoms with Gasteiger partial charge in [-0.15, -0.1) is 0 Å². The number of pyridine rings is 2. The molecule has 0 saturated carbocycles. The average Bonchev–Trinajstić information content (AvgIpc) is 3.04. The molecule has 2 nitrogen and oxygen atoms in total. The van der Waals surface area contributed by atoms with Gasteiger partial charge >= 0.3 is 0 Å². The van der Waals surface area contributed by atoms with Gasteiger partial charge in [-0.1, -0.05) is 109 Å².